The lowest BCUT2D eigenvalue weighted by Crippen LogP contribution is -2.30. The third kappa shape index (κ3) is 1.93. The Bertz CT molecular complexity index is 419. The van der Waals surface area contributed by atoms with Crippen LogP contribution in [0.3, 0.4) is 0 Å². The van der Waals surface area contributed by atoms with Crippen molar-refractivity contribution in [2.75, 3.05) is 0 Å². The lowest BCUT2D eigenvalue weighted by Gasteiger charge is -2.14. The van der Waals surface area contributed by atoms with Crippen molar-refractivity contribution in [1.29, 1.82) is 0 Å². The van der Waals surface area contributed by atoms with Crippen LogP contribution in [0, 0.1) is 0 Å². The fourth-order valence-electron chi connectivity index (χ4n) is 1.34. The Morgan fingerprint density at radius 3 is 2.87 bits per heavy atom. The molecule has 0 spiro atoms. The van der Waals surface area contributed by atoms with Crippen molar-refractivity contribution >= 4 is 27.5 Å². The Hall–Kier alpha value is -0.830. The van der Waals surface area contributed by atoms with Gasteiger partial charge < -0.3 is 0 Å². The predicted octanol–water partition coefficient (Wildman–Crippen LogP) is 0.587. The lowest BCUT2D eigenvalue weighted by atomic mass is 10.2. The molecule has 0 saturated heterocycles. The molecule has 80 valence electrons. The van der Waals surface area contributed by atoms with Gasteiger partial charge in [0.25, 0.3) is 0 Å². The Morgan fingerprint density at radius 2 is 2.40 bits per heavy atom. The number of nitrogens with two attached hydrogens (primary N) is 1. The van der Waals surface area contributed by atoms with Gasteiger partial charge in [-0.2, -0.15) is 5.10 Å². The lowest BCUT2D eigenvalue weighted by molar-refractivity contribution is 0.579. The molecule has 0 saturated carbocycles. The number of nitrogens with zero attached hydrogens (tertiary/aromatic N) is 4. The van der Waals surface area contributed by atoms with Crippen molar-refractivity contribution in [3.63, 3.8) is 0 Å². The van der Waals surface area contributed by atoms with Gasteiger partial charge >= 0.3 is 0 Å². The van der Waals surface area contributed by atoms with Crippen molar-refractivity contribution in [2.24, 2.45) is 12.9 Å². The Morgan fingerprint density at radius 1 is 1.60 bits per heavy atom. The van der Waals surface area contributed by atoms with E-state index in [0.717, 1.165) is 15.0 Å². The number of hydrazine groups is 1. The van der Waals surface area contributed by atoms with Crippen LogP contribution in [0.2, 0.25) is 0 Å². The summed E-state index contributed by atoms with van der Waals surface area (Å²) in [5.74, 6) is 5.53. The zero-order chi connectivity index (χ0) is 10.8. The fourth-order valence-corrected chi connectivity index (χ4v) is 2.49. The molecule has 2 heterocycles. The summed E-state index contributed by atoms with van der Waals surface area (Å²) >= 11 is 4.73. The van der Waals surface area contributed by atoms with Crippen LogP contribution in [-0.2, 0) is 7.05 Å². The SMILES string of the molecule is Cn1ncc(Br)c1C(NN)c1cnns1. The minimum atomic E-state index is -0.146. The molecule has 0 aliphatic rings. The molecule has 0 radical (unpaired) electrons. The van der Waals surface area contributed by atoms with Gasteiger partial charge in [-0.05, 0) is 27.5 Å². The normalized spacial score (nSPS) is 13.0. The van der Waals surface area contributed by atoms with E-state index in [1.54, 1.807) is 17.1 Å². The van der Waals surface area contributed by atoms with Crippen molar-refractivity contribution in [3.05, 3.63) is 27.4 Å². The summed E-state index contributed by atoms with van der Waals surface area (Å²) in [5.41, 5.74) is 3.68. The molecule has 2 aromatic heterocycles. The van der Waals surface area contributed by atoms with Gasteiger partial charge in [0.05, 0.1) is 27.4 Å². The van der Waals surface area contributed by atoms with Crippen LogP contribution >= 0.6 is 27.5 Å². The fraction of sp³-hybridized carbons (Fsp3) is 0.286. The molecule has 1 unspecified atom stereocenters. The number of hydrogen-bond acceptors (Lipinski definition) is 6. The quantitative estimate of drug-likeness (QED) is 0.638. The number of hydrogen-bond donors (Lipinski definition) is 2. The predicted molar refractivity (Wildman–Crippen MR) is 60.0 cm³/mol. The first-order chi connectivity index (χ1) is 7.24. The van der Waals surface area contributed by atoms with E-state index >= 15 is 0 Å². The first-order valence-corrected chi connectivity index (χ1v) is 5.71. The molecule has 2 aromatic rings. The van der Waals surface area contributed by atoms with E-state index in [1.165, 1.54) is 11.5 Å². The van der Waals surface area contributed by atoms with E-state index in [1.807, 2.05) is 7.05 Å². The maximum atomic E-state index is 5.53. The summed E-state index contributed by atoms with van der Waals surface area (Å²) in [6.45, 7) is 0. The van der Waals surface area contributed by atoms with Crippen molar-refractivity contribution in [1.82, 2.24) is 24.8 Å². The second kappa shape index (κ2) is 4.35. The molecular weight excluding hydrogens is 280 g/mol. The molecule has 0 bridgehead atoms. The molecule has 8 heteroatoms. The van der Waals surface area contributed by atoms with Gasteiger partial charge in [0.1, 0.15) is 6.04 Å². The van der Waals surface area contributed by atoms with Crippen LogP contribution in [0.4, 0.5) is 0 Å². The Balaban J connectivity index is 2.44. The summed E-state index contributed by atoms with van der Waals surface area (Å²) < 4.78 is 6.47. The highest BCUT2D eigenvalue weighted by molar-refractivity contribution is 9.10. The average Bonchev–Trinajstić information content (AvgIpc) is 2.83. The molecular formula is C7H9BrN6S. The smallest absolute Gasteiger partial charge is 0.101 e. The first-order valence-electron chi connectivity index (χ1n) is 4.14. The molecule has 6 nitrogen and oxygen atoms in total. The minimum absolute atomic E-state index is 0.146. The van der Waals surface area contributed by atoms with E-state index in [0.29, 0.717) is 0 Å². The average molecular weight is 289 g/mol. The molecule has 3 N–H and O–H groups in total. The summed E-state index contributed by atoms with van der Waals surface area (Å²) in [6.07, 6.45) is 3.42. The number of aryl methyl sites for hydroxylation is 1. The third-order valence-electron chi connectivity index (χ3n) is 2.04. The van der Waals surface area contributed by atoms with Crippen LogP contribution in [-0.4, -0.2) is 19.4 Å². The standard InChI is InChI=1S/C7H9BrN6S/c1-14-7(4(8)2-11-14)6(12-9)5-3-10-13-15-5/h2-3,6,12H,9H2,1H3. The highest BCUT2D eigenvalue weighted by Crippen LogP contribution is 2.28. The van der Waals surface area contributed by atoms with Gasteiger partial charge in [0.15, 0.2) is 0 Å². The molecule has 0 aliphatic carbocycles. The topological polar surface area (TPSA) is 81.7 Å². The second-order valence-electron chi connectivity index (χ2n) is 2.92. The number of nitrogens with one attached hydrogen (secondary N) is 1. The molecule has 15 heavy (non-hydrogen) atoms. The highest BCUT2D eigenvalue weighted by Gasteiger charge is 2.21. The molecule has 0 fully saturated rings. The van der Waals surface area contributed by atoms with Gasteiger partial charge in [-0.25, -0.2) is 5.43 Å². The van der Waals surface area contributed by atoms with E-state index in [2.05, 4.69) is 36.0 Å². The Kier molecular flexibility index (Phi) is 3.10. The van der Waals surface area contributed by atoms with Crippen LogP contribution in [0.25, 0.3) is 0 Å². The first kappa shape index (κ1) is 10.7. The molecule has 1 atom stereocenters. The highest BCUT2D eigenvalue weighted by atomic mass is 79.9. The Labute approximate surface area is 98.7 Å². The number of halogens is 1. The maximum Gasteiger partial charge on any atom is 0.101 e. The van der Waals surface area contributed by atoms with E-state index < -0.39 is 0 Å². The van der Waals surface area contributed by atoms with Crippen LogP contribution in [0.15, 0.2) is 16.9 Å². The van der Waals surface area contributed by atoms with Crippen molar-refractivity contribution in [3.8, 4) is 0 Å². The van der Waals surface area contributed by atoms with Crippen molar-refractivity contribution < 1.29 is 0 Å². The van der Waals surface area contributed by atoms with Gasteiger partial charge in [-0.1, -0.05) is 4.49 Å². The van der Waals surface area contributed by atoms with E-state index in [-0.39, 0.29) is 6.04 Å². The molecule has 2 rings (SSSR count). The van der Waals surface area contributed by atoms with Crippen LogP contribution in [0.5, 0.6) is 0 Å². The van der Waals surface area contributed by atoms with Gasteiger partial charge in [-0.15, -0.1) is 5.10 Å². The van der Waals surface area contributed by atoms with E-state index in [9.17, 15) is 0 Å². The summed E-state index contributed by atoms with van der Waals surface area (Å²) in [4.78, 5) is 0.946. The van der Waals surface area contributed by atoms with Gasteiger partial charge in [-0.3, -0.25) is 10.5 Å². The maximum absolute atomic E-state index is 5.53. The zero-order valence-corrected chi connectivity index (χ0v) is 10.3. The monoisotopic (exact) mass is 288 g/mol. The number of rotatable bonds is 3. The number of aromatic nitrogens is 4. The molecule has 0 aliphatic heterocycles. The third-order valence-corrected chi connectivity index (χ3v) is 3.38. The molecule has 0 amide bonds. The second-order valence-corrected chi connectivity index (χ2v) is 4.59. The zero-order valence-electron chi connectivity index (χ0n) is 7.88. The summed E-state index contributed by atoms with van der Waals surface area (Å²) in [6, 6.07) is -0.146. The summed E-state index contributed by atoms with van der Waals surface area (Å²) in [5, 5.41) is 7.92. The van der Waals surface area contributed by atoms with Crippen LogP contribution < -0.4 is 11.3 Å². The van der Waals surface area contributed by atoms with E-state index in [4.69, 9.17) is 5.84 Å². The van der Waals surface area contributed by atoms with Gasteiger partial charge in [0.2, 0.25) is 0 Å². The summed E-state index contributed by atoms with van der Waals surface area (Å²) in [7, 11) is 1.86. The van der Waals surface area contributed by atoms with Gasteiger partial charge in [0, 0.05) is 7.05 Å². The largest absolute Gasteiger partial charge is 0.270 e. The minimum Gasteiger partial charge on any atom is -0.270 e. The van der Waals surface area contributed by atoms with Crippen molar-refractivity contribution in [2.45, 2.75) is 6.04 Å². The van der Waals surface area contributed by atoms with Crippen LogP contribution in [0.1, 0.15) is 16.6 Å². The molecule has 0 aromatic carbocycles.